The number of carbonyl (C=O) groups excluding carboxylic acids is 1. The average molecular weight is 343 g/mol. The molecule has 1 unspecified atom stereocenters. The number of ether oxygens (including phenoxy) is 1. The Hall–Kier alpha value is -2.50. The first kappa shape index (κ1) is 17.3. The predicted octanol–water partition coefficient (Wildman–Crippen LogP) is 3.23. The van der Waals surface area contributed by atoms with E-state index in [1.807, 2.05) is 11.8 Å². The lowest BCUT2D eigenvalue weighted by Gasteiger charge is -2.30. The van der Waals surface area contributed by atoms with Crippen LogP contribution in [0, 0.1) is 18.7 Å². The second kappa shape index (κ2) is 7.59. The van der Waals surface area contributed by atoms with Gasteiger partial charge in [-0.05, 0) is 49.9 Å². The molecule has 25 heavy (non-hydrogen) atoms. The highest BCUT2D eigenvalue weighted by atomic mass is 19.1. The molecule has 1 fully saturated rings. The fourth-order valence-electron chi connectivity index (χ4n) is 2.98. The quantitative estimate of drug-likeness (QED) is 0.855. The summed E-state index contributed by atoms with van der Waals surface area (Å²) in [6, 6.07) is 7.66. The van der Waals surface area contributed by atoms with E-state index in [9.17, 15) is 9.18 Å². The molecule has 0 spiro atoms. The summed E-state index contributed by atoms with van der Waals surface area (Å²) in [5.74, 6) is 1.00. The van der Waals surface area contributed by atoms with Gasteiger partial charge in [0.15, 0.2) is 12.4 Å². The predicted molar refractivity (Wildman–Crippen MR) is 92.6 cm³/mol. The molecule has 0 bridgehead atoms. The molecule has 0 aliphatic carbocycles. The number of benzene rings is 1. The van der Waals surface area contributed by atoms with Gasteiger partial charge in [0.05, 0.1) is 0 Å². The molecular formula is C19H22FN3O2. The Balaban J connectivity index is 1.68. The van der Waals surface area contributed by atoms with E-state index in [0.717, 1.165) is 31.6 Å². The Morgan fingerprint density at radius 1 is 1.32 bits per heavy atom. The number of nitrogens with zero attached hydrogens (tertiary/aromatic N) is 3. The first-order chi connectivity index (χ1) is 12.0. The molecule has 1 aliphatic rings. The van der Waals surface area contributed by atoms with Gasteiger partial charge in [0.2, 0.25) is 5.88 Å². The lowest BCUT2D eigenvalue weighted by Crippen LogP contribution is -2.41. The van der Waals surface area contributed by atoms with Crippen molar-refractivity contribution in [1.29, 1.82) is 0 Å². The van der Waals surface area contributed by atoms with Gasteiger partial charge in [-0.15, -0.1) is 0 Å². The zero-order valence-electron chi connectivity index (χ0n) is 14.5. The van der Waals surface area contributed by atoms with Crippen molar-refractivity contribution in [3.8, 4) is 17.3 Å². The van der Waals surface area contributed by atoms with Crippen LogP contribution in [0.4, 0.5) is 4.39 Å². The zero-order valence-corrected chi connectivity index (χ0v) is 14.5. The molecule has 2 aromatic rings. The number of hydrogen-bond acceptors (Lipinski definition) is 4. The number of carbonyl (C=O) groups is 1. The number of amides is 1. The van der Waals surface area contributed by atoms with Crippen molar-refractivity contribution in [1.82, 2.24) is 14.9 Å². The van der Waals surface area contributed by atoms with Crippen molar-refractivity contribution in [3.63, 3.8) is 0 Å². The molecule has 2 heterocycles. The van der Waals surface area contributed by atoms with Gasteiger partial charge in [0, 0.05) is 30.4 Å². The maximum atomic E-state index is 13.1. The SMILES string of the molecule is Cc1cc(OCC(=O)N2CCCC(C)C2)nc(-c2ccc(F)cc2)n1. The molecular weight excluding hydrogens is 321 g/mol. The van der Waals surface area contributed by atoms with E-state index in [0.29, 0.717) is 23.2 Å². The van der Waals surface area contributed by atoms with Crippen LogP contribution in [0.1, 0.15) is 25.5 Å². The fraction of sp³-hybridized carbons (Fsp3) is 0.421. The average Bonchev–Trinajstić information content (AvgIpc) is 2.60. The van der Waals surface area contributed by atoms with Gasteiger partial charge in [-0.25, -0.2) is 9.37 Å². The molecule has 1 saturated heterocycles. The lowest BCUT2D eigenvalue weighted by molar-refractivity contribution is -0.135. The van der Waals surface area contributed by atoms with Crippen LogP contribution in [-0.2, 0) is 4.79 Å². The first-order valence-corrected chi connectivity index (χ1v) is 8.53. The van der Waals surface area contributed by atoms with Crippen molar-refractivity contribution >= 4 is 5.91 Å². The van der Waals surface area contributed by atoms with Gasteiger partial charge in [-0.2, -0.15) is 4.98 Å². The largest absolute Gasteiger partial charge is 0.467 e. The summed E-state index contributed by atoms with van der Waals surface area (Å²) < 4.78 is 18.7. The summed E-state index contributed by atoms with van der Waals surface area (Å²) in [6.45, 7) is 5.52. The van der Waals surface area contributed by atoms with Crippen LogP contribution in [0.25, 0.3) is 11.4 Å². The van der Waals surface area contributed by atoms with Crippen molar-refractivity contribution in [2.45, 2.75) is 26.7 Å². The number of hydrogen-bond donors (Lipinski definition) is 0. The molecule has 5 nitrogen and oxygen atoms in total. The van der Waals surface area contributed by atoms with Gasteiger partial charge in [0.25, 0.3) is 5.91 Å². The summed E-state index contributed by atoms with van der Waals surface area (Å²) in [4.78, 5) is 22.9. The Morgan fingerprint density at radius 3 is 2.80 bits per heavy atom. The minimum atomic E-state index is -0.311. The molecule has 0 saturated carbocycles. The molecule has 1 amide bonds. The lowest BCUT2D eigenvalue weighted by atomic mass is 10.0. The second-order valence-corrected chi connectivity index (χ2v) is 6.55. The van der Waals surface area contributed by atoms with E-state index >= 15 is 0 Å². The van der Waals surface area contributed by atoms with E-state index in [-0.39, 0.29) is 18.3 Å². The summed E-state index contributed by atoms with van der Waals surface area (Å²) in [5.41, 5.74) is 1.43. The Bertz CT molecular complexity index is 749. The maximum absolute atomic E-state index is 13.1. The molecule has 1 aromatic carbocycles. The third-order valence-corrected chi connectivity index (χ3v) is 4.29. The number of likely N-dealkylation sites (tertiary alicyclic amines) is 1. The summed E-state index contributed by atoms with van der Waals surface area (Å²) in [6.07, 6.45) is 2.20. The Labute approximate surface area is 146 Å². The van der Waals surface area contributed by atoms with Crippen LogP contribution in [-0.4, -0.2) is 40.5 Å². The molecule has 132 valence electrons. The van der Waals surface area contributed by atoms with Crippen LogP contribution in [0.2, 0.25) is 0 Å². The third kappa shape index (κ3) is 4.53. The van der Waals surface area contributed by atoms with Crippen LogP contribution in [0.3, 0.4) is 0 Å². The van der Waals surface area contributed by atoms with E-state index in [2.05, 4.69) is 16.9 Å². The summed E-state index contributed by atoms with van der Waals surface area (Å²) >= 11 is 0. The van der Waals surface area contributed by atoms with Crippen molar-refractivity contribution in [3.05, 3.63) is 41.8 Å². The maximum Gasteiger partial charge on any atom is 0.260 e. The number of halogens is 1. The highest BCUT2D eigenvalue weighted by molar-refractivity contribution is 5.77. The smallest absolute Gasteiger partial charge is 0.260 e. The van der Waals surface area contributed by atoms with Crippen molar-refractivity contribution in [2.75, 3.05) is 19.7 Å². The monoisotopic (exact) mass is 343 g/mol. The standard InChI is InChI=1S/C19H22FN3O2/c1-13-4-3-9-23(11-13)18(24)12-25-17-10-14(2)21-19(22-17)15-5-7-16(20)8-6-15/h5-8,10,13H,3-4,9,11-12H2,1-2H3. The summed E-state index contributed by atoms with van der Waals surface area (Å²) in [5, 5.41) is 0. The molecule has 1 aliphatic heterocycles. The molecule has 0 N–H and O–H groups in total. The van der Waals surface area contributed by atoms with Crippen molar-refractivity contribution in [2.24, 2.45) is 5.92 Å². The number of piperidine rings is 1. The van der Waals surface area contributed by atoms with Gasteiger partial charge < -0.3 is 9.64 Å². The van der Waals surface area contributed by atoms with E-state index in [1.54, 1.807) is 18.2 Å². The molecule has 1 atom stereocenters. The Kier molecular flexibility index (Phi) is 5.26. The third-order valence-electron chi connectivity index (χ3n) is 4.29. The minimum Gasteiger partial charge on any atom is -0.467 e. The molecule has 1 aromatic heterocycles. The van der Waals surface area contributed by atoms with E-state index < -0.39 is 0 Å². The fourth-order valence-corrected chi connectivity index (χ4v) is 2.98. The van der Waals surface area contributed by atoms with Crippen LogP contribution < -0.4 is 4.74 Å². The molecule has 6 heteroatoms. The van der Waals surface area contributed by atoms with Gasteiger partial charge in [0.1, 0.15) is 5.82 Å². The van der Waals surface area contributed by atoms with Gasteiger partial charge in [-0.3, -0.25) is 4.79 Å². The van der Waals surface area contributed by atoms with Crippen LogP contribution in [0.15, 0.2) is 30.3 Å². The number of aryl methyl sites for hydroxylation is 1. The highest BCUT2D eigenvalue weighted by Crippen LogP contribution is 2.20. The zero-order chi connectivity index (χ0) is 17.8. The topological polar surface area (TPSA) is 55.3 Å². The number of rotatable bonds is 4. The van der Waals surface area contributed by atoms with Crippen LogP contribution in [0.5, 0.6) is 5.88 Å². The van der Waals surface area contributed by atoms with Gasteiger partial charge >= 0.3 is 0 Å². The van der Waals surface area contributed by atoms with E-state index in [4.69, 9.17) is 4.74 Å². The first-order valence-electron chi connectivity index (χ1n) is 8.53. The van der Waals surface area contributed by atoms with Crippen molar-refractivity contribution < 1.29 is 13.9 Å². The van der Waals surface area contributed by atoms with Crippen LogP contribution >= 0.6 is 0 Å². The Morgan fingerprint density at radius 2 is 2.08 bits per heavy atom. The van der Waals surface area contributed by atoms with Gasteiger partial charge in [-0.1, -0.05) is 6.92 Å². The molecule has 0 radical (unpaired) electrons. The normalized spacial score (nSPS) is 17.4. The number of aromatic nitrogens is 2. The molecule has 3 rings (SSSR count). The van der Waals surface area contributed by atoms with E-state index in [1.165, 1.54) is 12.1 Å². The second-order valence-electron chi connectivity index (χ2n) is 6.55. The summed E-state index contributed by atoms with van der Waals surface area (Å²) in [7, 11) is 0. The minimum absolute atomic E-state index is 0.0221. The highest BCUT2D eigenvalue weighted by Gasteiger charge is 2.21.